The molecule has 0 unspecified atom stereocenters. The number of benzene rings is 4. The van der Waals surface area contributed by atoms with Crippen LogP contribution < -0.4 is 25.5 Å². The number of thiophene rings is 1. The van der Waals surface area contributed by atoms with Gasteiger partial charge in [0.05, 0.1) is 5.69 Å². The zero-order valence-corrected chi connectivity index (χ0v) is 38.1. The fourth-order valence-corrected chi connectivity index (χ4v) is 13.3. The average Bonchev–Trinajstić information content (AvgIpc) is 3.66. The molecule has 0 spiro atoms. The van der Waals surface area contributed by atoms with Gasteiger partial charge in [-0.25, -0.2) is 4.98 Å². The van der Waals surface area contributed by atoms with Crippen LogP contribution in [0.25, 0.3) is 10.1 Å². The van der Waals surface area contributed by atoms with Crippen molar-refractivity contribution in [3.63, 3.8) is 0 Å². The largest absolute Gasteiger partial charge is 0.310 e. The van der Waals surface area contributed by atoms with Crippen LogP contribution in [0.5, 0.6) is 0 Å². The first-order valence-corrected chi connectivity index (χ1v) is 22.4. The van der Waals surface area contributed by atoms with Crippen molar-refractivity contribution in [3.8, 4) is 0 Å². The van der Waals surface area contributed by atoms with Crippen LogP contribution in [-0.4, -0.2) is 11.7 Å². The van der Waals surface area contributed by atoms with Crippen molar-refractivity contribution in [1.82, 2.24) is 4.98 Å². The van der Waals surface area contributed by atoms with E-state index in [1.54, 1.807) is 0 Å². The Morgan fingerprint density at radius 3 is 1.78 bits per heavy atom. The second-order valence-corrected chi connectivity index (χ2v) is 23.9. The Hall–Kier alpha value is -4.35. The van der Waals surface area contributed by atoms with Crippen molar-refractivity contribution in [2.75, 3.05) is 9.80 Å². The van der Waals surface area contributed by atoms with Crippen LogP contribution in [0.1, 0.15) is 143 Å². The molecular formula is C53H60BN3S. The van der Waals surface area contributed by atoms with Gasteiger partial charge in [-0.15, -0.1) is 11.3 Å². The van der Waals surface area contributed by atoms with E-state index in [9.17, 15) is 0 Å². The van der Waals surface area contributed by atoms with Crippen LogP contribution in [0.4, 0.5) is 34.3 Å². The Morgan fingerprint density at radius 1 is 0.569 bits per heavy atom. The summed E-state index contributed by atoms with van der Waals surface area (Å²) in [5, 5.41) is 1.34. The van der Waals surface area contributed by atoms with Crippen LogP contribution in [0.15, 0.2) is 85.1 Å². The third-order valence-corrected chi connectivity index (χ3v) is 15.6. The summed E-state index contributed by atoms with van der Waals surface area (Å²) < 4.78 is 2.75. The van der Waals surface area contributed by atoms with Gasteiger partial charge in [-0.1, -0.05) is 127 Å². The minimum absolute atomic E-state index is 0.0301. The van der Waals surface area contributed by atoms with Gasteiger partial charge in [0.15, 0.2) is 0 Å². The van der Waals surface area contributed by atoms with Crippen molar-refractivity contribution in [2.24, 2.45) is 0 Å². The van der Waals surface area contributed by atoms with Crippen molar-refractivity contribution < 1.29 is 0 Å². The summed E-state index contributed by atoms with van der Waals surface area (Å²) in [6, 6.07) is 31.5. The summed E-state index contributed by atoms with van der Waals surface area (Å²) in [5.41, 5.74) is 18.0. The highest BCUT2D eigenvalue weighted by Crippen LogP contribution is 2.55. The molecule has 2 aromatic heterocycles. The van der Waals surface area contributed by atoms with Crippen LogP contribution in [0.2, 0.25) is 0 Å². The van der Waals surface area contributed by atoms with Crippen molar-refractivity contribution >= 4 is 78.1 Å². The fraction of sp³-hybridized carbons (Fsp3) is 0.415. The molecule has 0 saturated carbocycles. The molecule has 0 radical (unpaired) electrons. The minimum Gasteiger partial charge on any atom is -0.310 e. The maximum atomic E-state index is 5.44. The molecule has 0 saturated heterocycles. The number of hydrogen-bond acceptors (Lipinski definition) is 4. The van der Waals surface area contributed by atoms with Gasteiger partial charge >= 0.3 is 0 Å². The van der Waals surface area contributed by atoms with E-state index < -0.39 is 0 Å². The summed E-state index contributed by atoms with van der Waals surface area (Å²) in [6.07, 6.45) is 4.34. The monoisotopic (exact) mass is 781 g/mol. The second-order valence-electron chi connectivity index (χ2n) is 22.8. The predicted molar refractivity (Wildman–Crippen MR) is 252 cm³/mol. The Kier molecular flexibility index (Phi) is 7.63. The lowest BCUT2D eigenvalue weighted by molar-refractivity contribution is 0.403. The Balaban J connectivity index is 1.31. The molecule has 5 heteroatoms. The van der Waals surface area contributed by atoms with Crippen molar-refractivity contribution in [1.29, 1.82) is 0 Å². The highest BCUT2D eigenvalue weighted by molar-refractivity contribution is 7.33. The van der Waals surface area contributed by atoms with E-state index in [2.05, 4.69) is 192 Å². The molecule has 0 bridgehead atoms. The van der Waals surface area contributed by atoms with Crippen molar-refractivity contribution in [2.45, 2.75) is 142 Å². The zero-order chi connectivity index (χ0) is 41.3. The van der Waals surface area contributed by atoms with Crippen LogP contribution >= 0.6 is 11.3 Å². The maximum Gasteiger partial charge on any atom is 0.266 e. The third-order valence-electron chi connectivity index (χ3n) is 14.4. The SMILES string of the molecule is CC(C)(C)c1ccc(N2c3ccnc4c3B(c3cc5c(cc3N4c3ccc4c(c3)C(C)(C)CC4(C)C)C(C)(C)CC5(C)C)c3sc4ccc(C(C)(C)C)cc4c32)cc1. The molecule has 4 aliphatic rings. The van der Waals surface area contributed by atoms with E-state index in [1.165, 1.54) is 87.6 Å². The van der Waals surface area contributed by atoms with Gasteiger partial charge in [0, 0.05) is 43.8 Å². The molecule has 3 nitrogen and oxygen atoms in total. The molecular weight excluding hydrogens is 721 g/mol. The number of pyridine rings is 1. The highest BCUT2D eigenvalue weighted by Gasteiger charge is 2.50. The van der Waals surface area contributed by atoms with E-state index in [0.29, 0.717) is 0 Å². The van der Waals surface area contributed by atoms with Gasteiger partial charge in [-0.05, 0) is 138 Å². The minimum atomic E-state index is 0.0301. The molecule has 10 rings (SSSR count). The van der Waals surface area contributed by atoms with Gasteiger partial charge < -0.3 is 4.90 Å². The first kappa shape index (κ1) is 37.9. The van der Waals surface area contributed by atoms with E-state index in [4.69, 9.17) is 4.98 Å². The number of nitrogens with zero attached hydrogens (tertiary/aromatic N) is 3. The van der Waals surface area contributed by atoms with Crippen molar-refractivity contribution in [3.05, 3.63) is 118 Å². The van der Waals surface area contributed by atoms with E-state index >= 15 is 0 Å². The quantitative estimate of drug-likeness (QED) is 0.163. The predicted octanol–water partition coefficient (Wildman–Crippen LogP) is 12.9. The van der Waals surface area contributed by atoms with Crippen LogP contribution in [0.3, 0.4) is 0 Å². The molecule has 58 heavy (non-hydrogen) atoms. The normalized spacial score (nSPS) is 19.2. The standard InChI is InChI=1S/C53H60BN3S/c1-48(2,3)31-15-18-33(19-16-31)56-41-23-24-55-47-44(41)54(46-45(56)35-25-32(49(4,5)6)17-22-43(35)58-46)40-27-38-39(53(13,14)30-52(38,11)12)28-42(40)57(47)34-20-21-36-37(26-34)51(9,10)29-50(36,7)8/h15-28H,29-30H2,1-14H3. The van der Waals surface area contributed by atoms with Crippen LogP contribution in [-0.2, 0) is 32.5 Å². The lowest BCUT2D eigenvalue weighted by Gasteiger charge is -2.43. The zero-order valence-electron chi connectivity index (χ0n) is 37.3. The number of aromatic nitrogens is 1. The maximum absolute atomic E-state index is 5.44. The first-order valence-electron chi connectivity index (χ1n) is 21.6. The van der Waals surface area contributed by atoms with E-state index in [1.807, 2.05) is 11.3 Å². The third kappa shape index (κ3) is 5.33. The Labute approximate surface area is 352 Å². The highest BCUT2D eigenvalue weighted by atomic mass is 32.1. The fourth-order valence-electron chi connectivity index (χ4n) is 12.0. The lowest BCUT2D eigenvalue weighted by atomic mass is 9.36. The average molecular weight is 782 g/mol. The lowest BCUT2D eigenvalue weighted by Crippen LogP contribution is -2.61. The molecule has 0 N–H and O–H groups in total. The van der Waals surface area contributed by atoms with Gasteiger partial charge in [-0.2, -0.15) is 0 Å². The van der Waals surface area contributed by atoms with Gasteiger partial charge in [0.1, 0.15) is 5.82 Å². The number of hydrogen-bond donors (Lipinski definition) is 0. The summed E-state index contributed by atoms with van der Waals surface area (Å²) in [4.78, 5) is 10.6. The topological polar surface area (TPSA) is 19.4 Å². The summed E-state index contributed by atoms with van der Waals surface area (Å²) in [5.74, 6) is 1.05. The van der Waals surface area contributed by atoms with Gasteiger partial charge in [0.2, 0.25) is 0 Å². The first-order chi connectivity index (χ1) is 27.0. The number of fused-ring (bicyclic) bond motifs is 8. The van der Waals surface area contributed by atoms with Gasteiger partial charge in [-0.3, -0.25) is 4.90 Å². The molecule has 4 aromatic carbocycles. The molecule has 296 valence electrons. The number of rotatable bonds is 2. The van der Waals surface area contributed by atoms with E-state index in [-0.39, 0.29) is 39.2 Å². The molecule has 4 heterocycles. The number of anilines is 6. The van der Waals surface area contributed by atoms with Crippen LogP contribution in [0, 0.1) is 0 Å². The Bertz CT molecular complexity index is 2710. The molecule has 0 fully saturated rings. The molecule has 0 amide bonds. The smallest absolute Gasteiger partial charge is 0.266 e. The van der Waals surface area contributed by atoms with Gasteiger partial charge in [0.25, 0.3) is 6.71 Å². The summed E-state index contributed by atoms with van der Waals surface area (Å²) in [7, 11) is 0. The van der Waals surface area contributed by atoms with E-state index in [0.717, 1.165) is 18.7 Å². The summed E-state index contributed by atoms with van der Waals surface area (Å²) in [6.45, 7) is 33.5. The molecule has 2 aliphatic carbocycles. The second kappa shape index (κ2) is 11.7. The molecule has 2 aliphatic heterocycles. The Morgan fingerprint density at radius 2 is 1.14 bits per heavy atom. The molecule has 6 aromatic rings. The summed E-state index contributed by atoms with van der Waals surface area (Å²) >= 11 is 1.99. The molecule has 0 atom stereocenters.